The van der Waals surface area contributed by atoms with Gasteiger partial charge in [0, 0.05) is 18.3 Å². The minimum absolute atomic E-state index is 0.118. The fraction of sp³-hybridized carbons (Fsp3) is 0.143. The normalized spacial score (nSPS) is 10.2. The van der Waals surface area contributed by atoms with Crippen molar-refractivity contribution in [2.24, 2.45) is 0 Å². The molecule has 0 aliphatic carbocycles. The molecule has 0 bridgehead atoms. The number of pyridine rings is 1. The average molecular weight is 311 g/mol. The van der Waals surface area contributed by atoms with E-state index in [9.17, 15) is 4.79 Å². The SMILES string of the molecule is CN(C(=O)COc1ccc(Cl)cc1Cl)c1cccnc1. The van der Waals surface area contributed by atoms with Crippen molar-refractivity contribution in [2.45, 2.75) is 0 Å². The maximum Gasteiger partial charge on any atom is 0.264 e. The first-order valence-electron chi connectivity index (χ1n) is 5.82. The lowest BCUT2D eigenvalue weighted by molar-refractivity contribution is -0.120. The molecule has 0 N–H and O–H groups in total. The van der Waals surface area contributed by atoms with Crippen LogP contribution in [0.2, 0.25) is 10.0 Å². The lowest BCUT2D eigenvalue weighted by Crippen LogP contribution is -2.31. The van der Waals surface area contributed by atoms with Crippen LogP contribution >= 0.6 is 23.2 Å². The molecular formula is C14H12Cl2N2O2. The van der Waals surface area contributed by atoms with Crippen LogP contribution in [0.25, 0.3) is 0 Å². The Morgan fingerprint density at radius 2 is 2.15 bits per heavy atom. The zero-order valence-electron chi connectivity index (χ0n) is 10.7. The number of rotatable bonds is 4. The molecule has 4 nitrogen and oxygen atoms in total. The molecule has 6 heteroatoms. The molecule has 0 atom stereocenters. The first-order chi connectivity index (χ1) is 9.58. The van der Waals surface area contributed by atoms with Gasteiger partial charge in [0.25, 0.3) is 5.91 Å². The van der Waals surface area contributed by atoms with E-state index in [1.807, 2.05) is 0 Å². The van der Waals surface area contributed by atoms with E-state index in [0.717, 1.165) is 0 Å². The Bertz CT molecular complexity index is 605. The summed E-state index contributed by atoms with van der Waals surface area (Å²) in [5.41, 5.74) is 0.698. The molecule has 20 heavy (non-hydrogen) atoms. The maximum atomic E-state index is 12.0. The summed E-state index contributed by atoms with van der Waals surface area (Å²) < 4.78 is 5.39. The molecule has 1 amide bonds. The van der Waals surface area contributed by atoms with E-state index in [4.69, 9.17) is 27.9 Å². The van der Waals surface area contributed by atoms with Gasteiger partial charge in [0.2, 0.25) is 0 Å². The van der Waals surface area contributed by atoms with E-state index in [1.54, 1.807) is 49.8 Å². The van der Waals surface area contributed by atoms with Gasteiger partial charge in [0.05, 0.1) is 16.9 Å². The van der Waals surface area contributed by atoms with Gasteiger partial charge in [-0.15, -0.1) is 0 Å². The highest BCUT2D eigenvalue weighted by atomic mass is 35.5. The van der Waals surface area contributed by atoms with Crippen molar-refractivity contribution in [1.82, 2.24) is 4.98 Å². The first kappa shape index (κ1) is 14.6. The number of hydrogen-bond acceptors (Lipinski definition) is 3. The van der Waals surface area contributed by atoms with Crippen molar-refractivity contribution >= 4 is 34.8 Å². The van der Waals surface area contributed by atoms with E-state index in [0.29, 0.717) is 21.5 Å². The summed E-state index contributed by atoms with van der Waals surface area (Å²) in [7, 11) is 1.66. The van der Waals surface area contributed by atoms with E-state index in [1.165, 1.54) is 4.90 Å². The van der Waals surface area contributed by atoms with Gasteiger partial charge in [0.1, 0.15) is 5.75 Å². The maximum absolute atomic E-state index is 12.0. The minimum atomic E-state index is -0.205. The number of amides is 1. The standard InChI is InChI=1S/C14H12Cl2N2O2/c1-18(11-3-2-6-17-8-11)14(19)9-20-13-5-4-10(15)7-12(13)16/h2-8H,9H2,1H3. The molecule has 0 saturated carbocycles. The Balaban J connectivity index is 1.98. The van der Waals surface area contributed by atoms with Gasteiger partial charge < -0.3 is 9.64 Å². The third-order valence-corrected chi connectivity index (χ3v) is 3.18. The number of benzene rings is 1. The number of nitrogens with zero attached hydrogens (tertiary/aromatic N) is 2. The molecule has 104 valence electrons. The van der Waals surface area contributed by atoms with E-state index in [2.05, 4.69) is 4.98 Å². The van der Waals surface area contributed by atoms with Crippen LogP contribution in [-0.2, 0) is 4.79 Å². The second-order valence-electron chi connectivity index (χ2n) is 4.03. The smallest absolute Gasteiger partial charge is 0.264 e. The van der Waals surface area contributed by atoms with Crippen LogP contribution < -0.4 is 9.64 Å². The topological polar surface area (TPSA) is 42.4 Å². The number of carbonyl (C=O) groups is 1. The van der Waals surface area contributed by atoms with Crippen LogP contribution in [0, 0.1) is 0 Å². The largest absolute Gasteiger partial charge is 0.482 e. The van der Waals surface area contributed by atoms with Gasteiger partial charge in [-0.1, -0.05) is 23.2 Å². The minimum Gasteiger partial charge on any atom is -0.482 e. The Morgan fingerprint density at radius 3 is 2.80 bits per heavy atom. The highest BCUT2D eigenvalue weighted by Gasteiger charge is 2.12. The van der Waals surface area contributed by atoms with Crippen molar-refractivity contribution in [1.29, 1.82) is 0 Å². The molecular weight excluding hydrogens is 299 g/mol. The van der Waals surface area contributed by atoms with Crippen molar-refractivity contribution in [2.75, 3.05) is 18.6 Å². The monoisotopic (exact) mass is 310 g/mol. The van der Waals surface area contributed by atoms with Crippen LogP contribution in [0.3, 0.4) is 0 Å². The molecule has 0 spiro atoms. The van der Waals surface area contributed by atoms with E-state index < -0.39 is 0 Å². The zero-order chi connectivity index (χ0) is 14.5. The number of anilines is 1. The molecule has 0 saturated heterocycles. The average Bonchev–Trinajstić information content (AvgIpc) is 2.46. The highest BCUT2D eigenvalue weighted by Crippen LogP contribution is 2.27. The number of carbonyl (C=O) groups excluding carboxylic acids is 1. The quantitative estimate of drug-likeness (QED) is 0.869. The molecule has 0 aliphatic rings. The molecule has 1 aromatic heterocycles. The molecule has 2 rings (SSSR count). The Kier molecular flexibility index (Phi) is 4.82. The third kappa shape index (κ3) is 3.62. The molecule has 0 aliphatic heterocycles. The van der Waals surface area contributed by atoms with Crippen LogP contribution in [0.5, 0.6) is 5.75 Å². The Labute approximate surface area is 126 Å². The van der Waals surface area contributed by atoms with Gasteiger partial charge >= 0.3 is 0 Å². The Hall–Kier alpha value is -1.78. The fourth-order valence-corrected chi connectivity index (χ4v) is 1.99. The van der Waals surface area contributed by atoms with Gasteiger partial charge in [-0.25, -0.2) is 0 Å². The number of aromatic nitrogens is 1. The summed E-state index contributed by atoms with van der Waals surface area (Å²) in [5.74, 6) is 0.216. The predicted octanol–water partition coefficient (Wildman–Crippen LogP) is 3.43. The second-order valence-corrected chi connectivity index (χ2v) is 4.87. The van der Waals surface area contributed by atoms with E-state index >= 15 is 0 Å². The molecule has 0 unspecified atom stereocenters. The third-order valence-electron chi connectivity index (χ3n) is 2.65. The van der Waals surface area contributed by atoms with Gasteiger partial charge in [-0.2, -0.15) is 0 Å². The van der Waals surface area contributed by atoms with Crippen LogP contribution in [0.4, 0.5) is 5.69 Å². The number of ether oxygens (including phenoxy) is 1. The van der Waals surface area contributed by atoms with Crippen LogP contribution in [0.1, 0.15) is 0 Å². The molecule has 0 radical (unpaired) electrons. The lowest BCUT2D eigenvalue weighted by Gasteiger charge is -2.17. The van der Waals surface area contributed by atoms with Gasteiger partial charge in [-0.3, -0.25) is 9.78 Å². The number of hydrogen-bond donors (Lipinski definition) is 0. The summed E-state index contributed by atoms with van der Waals surface area (Å²) in [6.45, 7) is -0.118. The van der Waals surface area contributed by atoms with Crippen molar-refractivity contribution in [3.63, 3.8) is 0 Å². The van der Waals surface area contributed by atoms with Crippen LogP contribution in [0.15, 0.2) is 42.7 Å². The number of halogens is 2. The second kappa shape index (κ2) is 6.59. The zero-order valence-corrected chi connectivity index (χ0v) is 12.2. The van der Waals surface area contributed by atoms with Gasteiger partial charge in [-0.05, 0) is 30.3 Å². The number of likely N-dealkylation sites (N-methyl/N-ethyl adjacent to an activating group) is 1. The van der Waals surface area contributed by atoms with Crippen molar-refractivity contribution in [3.05, 3.63) is 52.8 Å². The molecule has 1 aromatic carbocycles. The summed E-state index contributed by atoms with van der Waals surface area (Å²) in [5, 5.41) is 0.885. The van der Waals surface area contributed by atoms with E-state index in [-0.39, 0.29) is 12.5 Å². The van der Waals surface area contributed by atoms with Gasteiger partial charge in [0.15, 0.2) is 6.61 Å². The molecule has 0 fully saturated rings. The molecule has 1 heterocycles. The van der Waals surface area contributed by atoms with Crippen LogP contribution in [-0.4, -0.2) is 24.5 Å². The summed E-state index contributed by atoms with van der Waals surface area (Å²) >= 11 is 11.8. The summed E-state index contributed by atoms with van der Waals surface area (Å²) in [6, 6.07) is 8.39. The lowest BCUT2D eigenvalue weighted by atomic mass is 10.3. The summed E-state index contributed by atoms with van der Waals surface area (Å²) in [6.07, 6.45) is 3.25. The van der Waals surface area contributed by atoms with Crippen molar-refractivity contribution < 1.29 is 9.53 Å². The molecule has 2 aromatic rings. The first-order valence-corrected chi connectivity index (χ1v) is 6.58. The van der Waals surface area contributed by atoms with Crippen molar-refractivity contribution in [3.8, 4) is 5.75 Å². The Morgan fingerprint density at radius 1 is 1.35 bits per heavy atom. The highest BCUT2D eigenvalue weighted by molar-refractivity contribution is 6.35. The fourth-order valence-electron chi connectivity index (χ4n) is 1.52. The predicted molar refractivity (Wildman–Crippen MR) is 79.6 cm³/mol. The summed E-state index contributed by atoms with van der Waals surface area (Å²) in [4.78, 5) is 17.4.